The molecule has 14 heavy (non-hydrogen) atoms. The molecule has 0 amide bonds. The van der Waals surface area contributed by atoms with Gasteiger partial charge in [0.25, 0.3) is 0 Å². The van der Waals surface area contributed by atoms with Crippen LogP contribution in [0.2, 0.25) is 0 Å². The Labute approximate surface area is 88.2 Å². The summed E-state index contributed by atoms with van der Waals surface area (Å²) in [5, 5.41) is 6.90. The average molecular weight is 199 g/mol. The van der Waals surface area contributed by atoms with E-state index < -0.39 is 0 Å². The Bertz CT molecular complexity index is 151. The normalized spacial score (nSPS) is 19.9. The van der Waals surface area contributed by atoms with Gasteiger partial charge in [-0.25, -0.2) is 0 Å². The van der Waals surface area contributed by atoms with E-state index in [-0.39, 0.29) is 0 Å². The van der Waals surface area contributed by atoms with E-state index in [4.69, 9.17) is 0 Å². The second kappa shape index (κ2) is 5.69. The van der Waals surface area contributed by atoms with Crippen molar-refractivity contribution in [3.05, 3.63) is 0 Å². The number of rotatable bonds is 5. The summed E-state index contributed by atoms with van der Waals surface area (Å²) < 4.78 is 0. The Balaban J connectivity index is 2.29. The second-order valence-electron chi connectivity index (χ2n) is 4.73. The minimum Gasteiger partial charge on any atom is -0.315 e. The molecule has 0 unspecified atom stereocenters. The number of piperazine rings is 1. The largest absolute Gasteiger partial charge is 0.315 e. The molecule has 0 atom stereocenters. The van der Waals surface area contributed by atoms with E-state index in [9.17, 15) is 0 Å². The van der Waals surface area contributed by atoms with Crippen molar-refractivity contribution < 1.29 is 0 Å². The Morgan fingerprint density at radius 3 is 2.50 bits per heavy atom. The van der Waals surface area contributed by atoms with Crippen molar-refractivity contribution in [1.82, 2.24) is 15.5 Å². The molecule has 0 aromatic rings. The number of hydrogen-bond donors (Lipinski definition) is 2. The maximum Gasteiger partial charge on any atom is 0.0278 e. The highest BCUT2D eigenvalue weighted by molar-refractivity contribution is 4.86. The molecule has 0 saturated carbocycles. The molecule has 1 saturated heterocycles. The predicted molar refractivity (Wildman–Crippen MR) is 61.7 cm³/mol. The van der Waals surface area contributed by atoms with E-state index in [0.29, 0.717) is 5.54 Å². The summed E-state index contributed by atoms with van der Waals surface area (Å²) in [7, 11) is 0. The van der Waals surface area contributed by atoms with E-state index in [1.165, 1.54) is 19.5 Å². The Morgan fingerprint density at radius 1 is 1.29 bits per heavy atom. The van der Waals surface area contributed by atoms with Gasteiger partial charge in [-0.15, -0.1) is 0 Å². The van der Waals surface area contributed by atoms with Crippen LogP contribution in [-0.4, -0.2) is 49.7 Å². The van der Waals surface area contributed by atoms with Gasteiger partial charge in [-0.05, 0) is 26.8 Å². The number of nitrogens with zero attached hydrogens (tertiary/aromatic N) is 1. The van der Waals surface area contributed by atoms with Gasteiger partial charge in [0.05, 0.1) is 0 Å². The Morgan fingerprint density at radius 2 is 1.93 bits per heavy atom. The maximum absolute atomic E-state index is 3.51. The molecule has 1 aliphatic heterocycles. The molecule has 1 aliphatic rings. The monoisotopic (exact) mass is 199 g/mol. The fourth-order valence-electron chi connectivity index (χ4n) is 1.95. The summed E-state index contributed by atoms with van der Waals surface area (Å²) in [6, 6.07) is 0. The molecule has 3 nitrogen and oxygen atoms in total. The Hall–Kier alpha value is -0.120. The third-order valence-electron chi connectivity index (χ3n) is 2.96. The molecule has 0 aromatic carbocycles. The van der Waals surface area contributed by atoms with Crippen molar-refractivity contribution >= 4 is 0 Å². The van der Waals surface area contributed by atoms with Gasteiger partial charge in [-0.2, -0.15) is 0 Å². The summed E-state index contributed by atoms with van der Waals surface area (Å²) in [6.07, 6.45) is 1.22. The first-order valence-electron chi connectivity index (χ1n) is 5.83. The van der Waals surface area contributed by atoms with Gasteiger partial charge in [0.15, 0.2) is 0 Å². The molecule has 3 heteroatoms. The highest BCUT2D eigenvalue weighted by Crippen LogP contribution is 2.13. The molecule has 2 N–H and O–H groups in total. The maximum atomic E-state index is 3.51. The molecule has 1 rings (SSSR count). The lowest BCUT2D eigenvalue weighted by atomic mass is 10.0. The van der Waals surface area contributed by atoms with Crippen molar-refractivity contribution in [2.45, 2.75) is 32.7 Å². The molecule has 0 aliphatic carbocycles. The molecule has 0 spiro atoms. The van der Waals surface area contributed by atoms with Crippen molar-refractivity contribution in [3.63, 3.8) is 0 Å². The first-order chi connectivity index (χ1) is 6.67. The topological polar surface area (TPSA) is 27.3 Å². The summed E-state index contributed by atoms with van der Waals surface area (Å²) in [4.78, 5) is 2.58. The molecule has 1 fully saturated rings. The quantitative estimate of drug-likeness (QED) is 0.637. The molecule has 1 heterocycles. The minimum absolute atomic E-state index is 0.303. The van der Waals surface area contributed by atoms with Crippen LogP contribution in [0.4, 0.5) is 0 Å². The zero-order valence-electron chi connectivity index (χ0n) is 9.90. The zero-order chi connectivity index (χ0) is 10.4. The van der Waals surface area contributed by atoms with E-state index in [1.54, 1.807) is 0 Å². The second-order valence-corrected chi connectivity index (χ2v) is 4.73. The van der Waals surface area contributed by atoms with Gasteiger partial charge in [0.1, 0.15) is 0 Å². The van der Waals surface area contributed by atoms with Crippen molar-refractivity contribution in [2.24, 2.45) is 0 Å². The van der Waals surface area contributed by atoms with Crippen LogP contribution in [0.3, 0.4) is 0 Å². The summed E-state index contributed by atoms with van der Waals surface area (Å²) in [5.41, 5.74) is 0.303. The SMILES string of the molecule is CCCNCC(C)(C)N1CCNCC1. The lowest BCUT2D eigenvalue weighted by molar-refractivity contribution is 0.102. The van der Waals surface area contributed by atoms with Crippen LogP contribution < -0.4 is 10.6 Å². The van der Waals surface area contributed by atoms with Crippen molar-refractivity contribution in [1.29, 1.82) is 0 Å². The molecule has 84 valence electrons. The molecule has 0 aromatic heterocycles. The van der Waals surface area contributed by atoms with Gasteiger partial charge in [0, 0.05) is 38.3 Å². The number of hydrogen-bond acceptors (Lipinski definition) is 3. The zero-order valence-corrected chi connectivity index (χ0v) is 9.90. The van der Waals surface area contributed by atoms with Gasteiger partial charge in [0.2, 0.25) is 0 Å². The van der Waals surface area contributed by atoms with Gasteiger partial charge in [-0.1, -0.05) is 6.92 Å². The van der Waals surface area contributed by atoms with E-state index in [2.05, 4.69) is 36.3 Å². The van der Waals surface area contributed by atoms with Crippen LogP contribution in [0.5, 0.6) is 0 Å². The van der Waals surface area contributed by atoms with Gasteiger partial charge < -0.3 is 10.6 Å². The van der Waals surface area contributed by atoms with Crippen LogP contribution in [0.15, 0.2) is 0 Å². The fraction of sp³-hybridized carbons (Fsp3) is 1.00. The lowest BCUT2D eigenvalue weighted by Crippen LogP contribution is -2.57. The summed E-state index contributed by atoms with van der Waals surface area (Å²) >= 11 is 0. The first-order valence-corrected chi connectivity index (χ1v) is 5.83. The summed E-state index contributed by atoms with van der Waals surface area (Å²) in [6.45, 7) is 13.7. The third-order valence-corrected chi connectivity index (χ3v) is 2.96. The molecule has 0 bridgehead atoms. The minimum atomic E-state index is 0.303. The Kier molecular flexibility index (Phi) is 4.85. The van der Waals surface area contributed by atoms with Crippen LogP contribution in [0.1, 0.15) is 27.2 Å². The van der Waals surface area contributed by atoms with E-state index >= 15 is 0 Å². The highest BCUT2D eigenvalue weighted by atomic mass is 15.2. The van der Waals surface area contributed by atoms with Crippen LogP contribution in [0.25, 0.3) is 0 Å². The smallest absolute Gasteiger partial charge is 0.0278 e. The summed E-state index contributed by atoms with van der Waals surface area (Å²) in [5.74, 6) is 0. The molecule has 0 radical (unpaired) electrons. The van der Waals surface area contributed by atoms with E-state index in [0.717, 1.165) is 26.2 Å². The van der Waals surface area contributed by atoms with Crippen LogP contribution in [0, 0.1) is 0 Å². The average Bonchev–Trinajstić information content (AvgIpc) is 2.19. The standard InChI is InChI=1S/C11H25N3/c1-4-5-13-10-11(2,3)14-8-6-12-7-9-14/h12-13H,4-10H2,1-3H3. The van der Waals surface area contributed by atoms with Gasteiger partial charge in [-0.3, -0.25) is 4.90 Å². The first kappa shape index (κ1) is 12.0. The van der Waals surface area contributed by atoms with E-state index in [1.807, 2.05) is 0 Å². The van der Waals surface area contributed by atoms with Crippen molar-refractivity contribution in [2.75, 3.05) is 39.3 Å². The molecular formula is C11H25N3. The van der Waals surface area contributed by atoms with Crippen molar-refractivity contribution in [3.8, 4) is 0 Å². The molecular weight excluding hydrogens is 174 g/mol. The van der Waals surface area contributed by atoms with Gasteiger partial charge >= 0.3 is 0 Å². The van der Waals surface area contributed by atoms with Crippen LogP contribution in [-0.2, 0) is 0 Å². The fourth-order valence-corrected chi connectivity index (χ4v) is 1.95. The highest BCUT2D eigenvalue weighted by Gasteiger charge is 2.26. The lowest BCUT2D eigenvalue weighted by Gasteiger charge is -2.41. The number of nitrogens with one attached hydrogen (secondary N) is 2. The third kappa shape index (κ3) is 3.56. The predicted octanol–water partition coefficient (Wildman–Crippen LogP) is 0.670. The van der Waals surface area contributed by atoms with Crippen LogP contribution >= 0.6 is 0 Å².